The smallest absolute Gasteiger partial charge is 0.255 e. The predicted molar refractivity (Wildman–Crippen MR) is 57.1 cm³/mol. The minimum absolute atomic E-state index is 0.184. The van der Waals surface area contributed by atoms with Gasteiger partial charge in [0.25, 0.3) is 6.43 Å². The van der Waals surface area contributed by atoms with Crippen molar-refractivity contribution >= 4 is 0 Å². The molecule has 0 aliphatic carbocycles. The fraction of sp³-hybridized carbons (Fsp3) is 1.00. The number of alkyl halides is 2. The Labute approximate surface area is 90.2 Å². The number of hydrogen-bond donors (Lipinski definition) is 1. The summed E-state index contributed by atoms with van der Waals surface area (Å²) in [4.78, 5) is 3.91. The van der Waals surface area contributed by atoms with Crippen molar-refractivity contribution in [3.05, 3.63) is 0 Å². The lowest BCUT2D eigenvalue weighted by atomic mass is 10.1. The lowest BCUT2D eigenvalue weighted by molar-refractivity contribution is -0.0369. The van der Waals surface area contributed by atoms with E-state index in [0.29, 0.717) is 19.6 Å². The minimum atomic E-state index is -2.27. The quantitative estimate of drug-likeness (QED) is 0.754. The highest BCUT2D eigenvalue weighted by atomic mass is 19.3. The van der Waals surface area contributed by atoms with Crippen LogP contribution in [0.1, 0.15) is 13.8 Å². The summed E-state index contributed by atoms with van der Waals surface area (Å²) in [5.41, 5.74) is 5.43. The van der Waals surface area contributed by atoms with Crippen LogP contribution >= 0.6 is 0 Å². The van der Waals surface area contributed by atoms with Gasteiger partial charge in [-0.2, -0.15) is 0 Å². The molecule has 3 nitrogen and oxygen atoms in total. The highest BCUT2D eigenvalue weighted by molar-refractivity contribution is 4.85. The van der Waals surface area contributed by atoms with Crippen LogP contribution in [0.3, 0.4) is 0 Å². The molecule has 0 bridgehead atoms. The topological polar surface area (TPSA) is 32.5 Å². The molecule has 1 fully saturated rings. The maximum Gasteiger partial charge on any atom is 0.255 e. The average molecular weight is 221 g/mol. The van der Waals surface area contributed by atoms with Crippen LogP contribution in [0.4, 0.5) is 8.78 Å². The number of rotatable bonds is 4. The van der Waals surface area contributed by atoms with E-state index in [9.17, 15) is 8.78 Å². The fourth-order valence-corrected chi connectivity index (χ4v) is 2.13. The second kappa shape index (κ2) is 5.72. The van der Waals surface area contributed by atoms with Gasteiger partial charge in [0.2, 0.25) is 0 Å². The van der Waals surface area contributed by atoms with Crippen molar-refractivity contribution in [1.82, 2.24) is 9.80 Å². The van der Waals surface area contributed by atoms with Gasteiger partial charge in [-0.15, -0.1) is 0 Å². The van der Waals surface area contributed by atoms with Gasteiger partial charge >= 0.3 is 0 Å². The molecule has 0 aromatic heterocycles. The molecule has 1 unspecified atom stereocenters. The van der Waals surface area contributed by atoms with E-state index in [1.165, 1.54) is 0 Å². The fourth-order valence-electron chi connectivity index (χ4n) is 2.13. The first kappa shape index (κ1) is 12.8. The van der Waals surface area contributed by atoms with Crippen LogP contribution in [0.15, 0.2) is 0 Å². The number of halogens is 2. The summed E-state index contributed by atoms with van der Waals surface area (Å²) in [6.07, 6.45) is -2.27. The molecule has 0 radical (unpaired) electrons. The molecule has 2 N–H and O–H groups in total. The first-order valence-electron chi connectivity index (χ1n) is 5.52. The third-order valence-corrected chi connectivity index (χ3v) is 2.95. The van der Waals surface area contributed by atoms with Crippen LogP contribution < -0.4 is 5.73 Å². The van der Waals surface area contributed by atoms with Crippen molar-refractivity contribution in [2.45, 2.75) is 32.4 Å². The normalized spacial score (nSPS) is 25.4. The first-order chi connectivity index (χ1) is 7.06. The van der Waals surface area contributed by atoms with Gasteiger partial charge in [0.05, 0.1) is 6.04 Å². The van der Waals surface area contributed by atoms with Gasteiger partial charge in [0, 0.05) is 38.8 Å². The van der Waals surface area contributed by atoms with Crippen LogP contribution in [0.2, 0.25) is 0 Å². The summed E-state index contributed by atoms with van der Waals surface area (Å²) in [5.74, 6) is 0. The number of hydrogen-bond acceptors (Lipinski definition) is 3. The molecule has 1 saturated heterocycles. The van der Waals surface area contributed by atoms with Crippen molar-refractivity contribution in [1.29, 1.82) is 0 Å². The van der Waals surface area contributed by atoms with Gasteiger partial charge < -0.3 is 5.73 Å². The van der Waals surface area contributed by atoms with Crippen molar-refractivity contribution in [3.8, 4) is 0 Å². The molecular formula is C10H21F2N3. The van der Waals surface area contributed by atoms with Crippen LogP contribution in [-0.2, 0) is 0 Å². The third kappa shape index (κ3) is 3.36. The summed E-state index contributed by atoms with van der Waals surface area (Å²) >= 11 is 0. The van der Waals surface area contributed by atoms with E-state index in [2.05, 4.69) is 0 Å². The molecule has 1 atom stereocenters. The Morgan fingerprint density at radius 2 is 2.00 bits per heavy atom. The Bertz CT molecular complexity index is 188. The Morgan fingerprint density at radius 1 is 1.33 bits per heavy atom. The molecule has 0 spiro atoms. The Hall–Kier alpha value is -0.260. The second-order valence-corrected chi connectivity index (χ2v) is 4.32. The largest absolute Gasteiger partial charge is 0.329 e. The van der Waals surface area contributed by atoms with E-state index in [4.69, 9.17) is 5.73 Å². The summed E-state index contributed by atoms with van der Waals surface area (Å²) in [6.45, 7) is 7.19. The zero-order valence-corrected chi connectivity index (χ0v) is 9.50. The van der Waals surface area contributed by atoms with E-state index >= 15 is 0 Å². The molecule has 5 heteroatoms. The molecule has 0 aromatic rings. The molecule has 1 aliphatic rings. The maximum atomic E-state index is 12.8. The summed E-state index contributed by atoms with van der Waals surface area (Å²) in [6, 6.07) is -0.450. The Morgan fingerprint density at radius 3 is 2.47 bits per heavy atom. The zero-order valence-electron chi connectivity index (χ0n) is 9.50. The highest BCUT2D eigenvalue weighted by Crippen LogP contribution is 2.18. The number of nitrogens with two attached hydrogens (primary N) is 1. The summed E-state index contributed by atoms with van der Waals surface area (Å²) < 4.78 is 25.7. The lowest BCUT2D eigenvalue weighted by Crippen LogP contribution is -2.58. The SMILES string of the molecule is CC(C)N1CCN(CCN)CC1C(F)F. The van der Waals surface area contributed by atoms with Gasteiger partial charge in [-0.25, -0.2) is 8.78 Å². The minimum Gasteiger partial charge on any atom is -0.329 e. The lowest BCUT2D eigenvalue weighted by Gasteiger charge is -2.43. The van der Waals surface area contributed by atoms with Crippen LogP contribution in [0.5, 0.6) is 0 Å². The molecular weight excluding hydrogens is 200 g/mol. The van der Waals surface area contributed by atoms with Crippen LogP contribution in [0, 0.1) is 0 Å². The summed E-state index contributed by atoms with van der Waals surface area (Å²) in [7, 11) is 0. The molecule has 0 aromatic carbocycles. The number of piperazine rings is 1. The highest BCUT2D eigenvalue weighted by Gasteiger charge is 2.34. The first-order valence-corrected chi connectivity index (χ1v) is 5.52. The third-order valence-electron chi connectivity index (χ3n) is 2.95. The summed E-state index contributed by atoms with van der Waals surface area (Å²) in [5, 5.41) is 0. The second-order valence-electron chi connectivity index (χ2n) is 4.32. The van der Waals surface area contributed by atoms with Gasteiger partial charge in [-0.3, -0.25) is 9.80 Å². The van der Waals surface area contributed by atoms with E-state index in [1.807, 2.05) is 23.6 Å². The molecule has 0 saturated carbocycles. The number of nitrogens with zero attached hydrogens (tertiary/aromatic N) is 2. The average Bonchev–Trinajstić information content (AvgIpc) is 2.17. The van der Waals surface area contributed by atoms with E-state index in [1.54, 1.807) is 0 Å². The molecule has 0 amide bonds. The van der Waals surface area contributed by atoms with Crippen LogP contribution in [-0.4, -0.2) is 61.0 Å². The molecule has 15 heavy (non-hydrogen) atoms. The standard InChI is InChI=1S/C10H21F2N3/c1-8(2)15-6-5-14(4-3-13)7-9(15)10(11)12/h8-10H,3-7,13H2,1-2H3. The molecule has 1 aliphatic heterocycles. The van der Waals surface area contributed by atoms with Gasteiger partial charge in [0.15, 0.2) is 0 Å². The molecule has 90 valence electrons. The van der Waals surface area contributed by atoms with Crippen molar-refractivity contribution in [2.24, 2.45) is 5.73 Å². The van der Waals surface area contributed by atoms with E-state index in [0.717, 1.165) is 13.1 Å². The predicted octanol–water partition coefficient (Wildman–Crippen LogP) is 0.605. The molecule has 1 rings (SSSR count). The molecule has 1 heterocycles. The van der Waals surface area contributed by atoms with Crippen molar-refractivity contribution in [2.75, 3.05) is 32.7 Å². The van der Waals surface area contributed by atoms with E-state index in [-0.39, 0.29) is 6.04 Å². The zero-order chi connectivity index (χ0) is 11.4. The Balaban J connectivity index is 2.57. The maximum absolute atomic E-state index is 12.8. The Kier molecular flexibility index (Phi) is 4.89. The van der Waals surface area contributed by atoms with Gasteiger partial charge in [-0.05, 0) is 13.8 Å². The van der Waals surface area contributed by atoms with Crippen molar-refractivity contribution < 1.29 is 8.78 Å². The van der Waals surface area contributed by atoms with Crippen molar-refractivity contribution in [3.63, 3.8) is 0 Å². The van der Waals surface area contributed by atoms with Gasteiger partial charge in [0.1, 0.15) is 0 Å². The van der Waals surface area contributed by atoms with E-state index < -0.39 is 12.5 Å². The van der Waals surface area contributed by atoms with Crippen LogP contribution in [0.25, 0.3) is 0 Å². The monoisotopic (exact) mass is 221 g/mol. The van der Waals surface area contributed by atoms with Gasteiger partial charge in [-0.1, -0.05) is 0 Å².